The highest BCUT2D eigenvalue weighted by Gasteiger charge is 2.48. The molecule has 35 heavy (non-hydrogen) atoms. The third-order valence-electron chi connectivity index (χ3n) is 6.29. The van der Waals surface area contributed by atoms with Crippen LogP contribution in [0.4, 0.5) is 17.6 Å². The van der Waals surface area contributed by atoms with Gasteiger partial charge in [0.1, 0.15) is 11.9 Å². The predicted octanol–water partition coefficient (Wildman–Crippen LogP) is 4.64. The number of benzene rings is 2. The number of alkyl halides is 2. The molecule has 2 aliphatic rings. The number of likely N-dealkylation sites (tertiary alicyclic amines) is 1. The molecule has 1 saturated heterocycles. The molecule has 2 atom stereocenters. The van der Waals surface area contributed by atoms with Crippen LogP contribution in [0.2, 0.25) is 0 Å². The Kier molecular flexibility index (Phi) is 5.28. The van der Waals surface area contributed by atoms with Crippen molar-refractivity contribution in [2.24, 2.45) is 0 Å². The average Bonchev–Trinajstić information content (AvgIpc) is 3.56. The molecule has 11 heteroatoms. The molecule has 2 fully saturated rings. The summed E-state index contributed by atoms with van der Waals surface area (Å²) in [5, 5.41) is 8.37. The van der Waals surface area contributed by atoms with Gasteiger partial charge in [0.05, 0.1) is 18.4 Å². The van der Waals surface area contributed by atoms with Gasteiger partial charge in [0.25, 0.3) is 0 Å². The van der Waals surface area contributed by atoms with Crippen molar-refractivity contribution >= 4 is 5.65 Å². The molecule has 0 spiro atoms. The molecule has 4 aromatic rings. The Morgan fingerprint density at radius 1 is 0.943 bits per heavy atom. The quantitative estimate of drug-likeness (QED) is 0.356. The van der Waals surface area contributed by atoms with Crippen LogP contribution in [0.5, 0.6) is 11.6 Å². The number of nitrogens with zero attached hydrogens (tertiary/aromatic N) is 5. The van der Waals surface area contributed by atoms with Crippen molar-refractivity contribution < 1.29 is 27.0 Å². The molecule has 0 bridgehead atoms. The van der Waals surface area contributed by atoms with Crippen molar-refractivity contribution in [3.05, 3.63) is 72.1 Å². The van der Waals surface area contributed by atoms with Gasteiger partial charge in [0, 0.05) is 18.2 Å². The van der Waals surface area contributed by atoms with Crippen LogP contribution in [0, 0.1) is 11.6 Å². The number of rotatable bonds is 7. The molecule has 2 aromatic carbocycles. The van der Waals surface area contributed by atoms with Crippen LogP contribution in [0.15, 0.2) is 54.9 Å². The normalized spacial score (nSPS) is 20.3. The molecule has 0 amide bonds. The minimum atomic E-state index is -2.92. The molecule has 1 aliphatic carbocycles. The molecular weight excluding hydrogens is 466 g/mol. The van der Waals surface area contributed by atoms with Gasteiger partial charge in [-0.3, -0.25) is 9.88 Å². The van der Waals surface area contributed by atoms with Crippen LogP contribution in [0.25, 0.3) is 17.0 Å². The van der Waals surface area contributed by atoms with E-state index in [2.05, 4.69) is 24.8 Å². The van der Waals surface area contributed by atoms with Gasteiger partial charge < -0.3 is 9.47 Å². The van der Waals surface area contributed by atoms with Crippen molar-refractivity contribution in [1.29, 1.82) is 0 Å². The zero-order valence-electron chi connectivity index (χ0n) is 18.2. The lowest BCUT2D eigenvalue weighted by Crippen LogP contribution is -2.57. The first kappa shape index (κ1) is 21.8. The minimum absolute atomic E-state index is 0.0275. The second-order valence-corrected chi connectivity index (χ2v) is 8.57. The Hall–Kier alpha value is -3.73. The molecule has 1 aliphatic heterocycles. The van der Waals surface area contributed by atoms with E-state index < -0.39 is 18.2 Å². The second kappa shape index (κ2) is 8.49. The number of fused-ring (bicyclic) bond motifs is 1. The summed E-state index contributed by atoms with van der Waals surface area (Å²) >= 11 is 0. The Balaban J connectivity index is 1.32. The summed E-state index contributed by atoms with van der Waals surface area (Å²) in [5.41, 5.74) is 1.69. The van der Waals surface area contributed by atoms with Crippen molar-refractivity contribution in [1.82, 2.24) is 24.5 Å². The van der Waals surface area contributed by atoms with Gasteiger partial charge in [0.2, 0.25) is 5.88 Å². The van der Waals surface area contributed by atoms with Gasteiger partial charge in [-0.05, 0) is 54.8 Å². The van der Waals surface area contributed by atoms with Gasteiger partial charge >= 0.3 is 6.61 Å². The average molecular weight is 485 g/mol. The van der Waals surface area contributed by atoms with Crippen molar-refractivity contribution in [3.8, 4) is 23.0 Å². The minimum Gasteiger partial charge on any atom is -0.471 e. The first-order chi connectivity index (χ1) is 17.0. The molecule has 6 rings (SSSR count). The summed E-state index contributed by atoms with van der Waals surface area (Å²) in [4.78, 5) is 6.43. The van der Waals surface area contributed by atoms with E-state index in [1.165, 1.54) is 30.6 Å². The van der Waals surface area contributed by atoms with Crippen LogP contribution in [0.3, 0.4) is 0 Å². The van der Waals surface area contributed by atoms with Crippen molar-refractivity contribution in [3.63, 3.8) is 0 Å². The third-order valence-corrected chi connectivity index (χ3v) is 6.29. The molecule has 7 nitrogen and oxygen atoms in total. The van der Waals surface area contributed by atoms with E-state index in [1.807, 2.05) is 0 Å². The van der Waals surface area contributed by atoms with E-state index in [0.29, 0.717) is 41.1 Å². The Labute approximate surface area is 196 Å². The molecule has 1 saturated carbocycles. The topological polar surface area (TPSA) is 64.8 Å². The fourth-order valence-corrected chi connectivity index (χ4v) is 4.52. The lowest BCUT2D eigenvalue weighted by atomic mass is 9.91. The maximum Gasteiger partial charge on any atom is 0.387 e. The zero-order valence-corrected chi connectivity index (χ0v) is 18.2. The lowest BCUT2D eigenvalue weighted by molar-refractivity contribution is -0.0559. The van der Waals surface area contributed by atoms with Crippen molar-refractivity contribution in [2.75, 3.05) is 6.54 Å². The van der Waals surface area contributed by atoms with Gasteiger partial charge in [-0.15, -0.1) is 10.2 Å². The Morgan fingerprint density at radius 2 is 1.74 bits per heavy atom. The van der Waals surface area contributed by atoms with Crippen molar-refractivity contribution in [2.45, 2.75) is 37.6 Å². The van der Waals surface area contributed by atoms with Crippen LogP contribution in [-0.4, -0.2) is 49.8 Å². The molecule has 0 radical (unpaired) electrons. The number of halogens is 4. The van der Waals surface area contributed by atoms with Gasteiger partial charge in [-0.1, -0.05) is 6.07 Å². The summed E-state index contributed by atoms with van der Waals surface area (Å²) in [6.45, 7) is -2.29. The highest BCUT2D eigenvalue weighted by atomic mass is 19.3. The molecular formula is C24H19F4N5O2. The SMILES string of the molecule is Fc1ccc([C@@H]2[C@@H](Oc3cncc4nnc(-c5ccc(OC(F)F)cc5)n34)CN2C2CC2)cc1F. The summed E-state index contributed by atoms with van der Waals surface area (Å²) in [6.07, 6.45) is 4.86. The molecule has 3 heterocycles. The monoisotopic (exact) mass is 485 g/mol. The standard InChI is InChI=1S/C24H19F4N5O2/c25-17-8-3-14(9-18(17)26)22-19(12-32(22)15-4-5-15)35-21-11-29-10-20-30-31-23(33(20)21)13-1-6-16(7-2-13)34-24(27)28/h1-3,6-11,15,19,22,24H,4-5,12H2/t19-,22+/m0/s1. The fourth-order valence-electron chi connectivity index (χ4n) is 4.52. The van der Waals surface area contributed by atoms with Gasteiger partial charge in [-0.25, -0.2) is 13.2 Å². The summed E-state index contributed by atoms with van der Waals surface area (Å²) in [7, 11) is 0. The molecule has 2 aromatic heterocycles. The smallest absolute Gasteiger partial charge is 0.387 e. The second-order valence-electron chi connectivity index (χ2n) is 8.57. The lowest BCUT2D eigenvalue weighted by Gasteiger charge is -2.48. The molecule has 0 unspecified atom stereocenters. The van der Waals surface area contributed by atoms with E-state index >= 15 is 0 Å². The van der Waals surface area contributed by atoms with Crippen LogP contribution < -0.4 is 9.47 Å². The van der Waals surface area contributed by atoms with E-state index in [-0.39, 0.29) is 17.9 Å². The first-order valence-corrected chi connectivity index (χ1v) is 11.1. The first-order valence-electron chi connectivity index (χ1n) is 11.1. The van der Waals surface area contributed by atoms with E-state index in [1.54, 1.807) is 22.6 Å². The summed E-state index contributed by atoms with van der Waals surface area (Å²) in [6, 6.07) is 10.1. The van der Waals surface area contributed by atoms with Gasteiger partial charge in [-0.2, -0.15) is 8.78 Å². The number of hydrogen-bond acceptors (Lipinski definition) is 6. The van der Waals surface area contributed by atoms with Crippen LogP contribution in [-0.2, 0) is 0 Å². The van der Waals surface area contributed by atoms with E-state index in [4.69, 9.17) is 4.74 Å². The van der Waals surface area contributed by atoms with Gasteiger partial charge in [0.15, 0.2) is 23.1 Å². The van der Waals surface area contributed by atoms with E-state index in [0.717, 1.165) is 18.9 Å². The third kappa shape index (κ3) is 4.05. The number of hydrogen-bond donors (Lipinski definition) is 0. The molecule has 0 N–H and O–H groups in total. The maximum absolute atomic E-state index is 14.0. The molecule has 180 valence electrons. The fraction of sp³-hybridized carbons (Fsp3) is 0.292. The largest absolute Gasteiger partial charge is 0.471 e. The summed E-state index contributed by atoms with van der Waals surface area (Å²) in [5.74, 6) is -0.948. The highest BCUT2D eigenvalue weighted by Crippen LogP contribution is 2.44. The Bertz CT molecular complexity index is 1380. The van der Waals surface area contributed by atoms with E-state index in [9.17, 15) is 17.6 Å². The van der Waals surface area contributed by atoms with Crippen LogP contribution in [0.1, 0.15) is 24.4 Å². The Morgan fingerprint density at radius 3 is 2.46 bits per heavy atom. The number of aromatic nitrogens is 4. The zero-order chi connectivity index (χ0) is 24.1. The number of ether oxygens (including phenoxy) is 2. The maximum atomic E-state index is 14.0. The highest BCUT2D eigenvalue weighted by molar-refractivity contribution is 5.61. The van der Waals surface area contributed by atoms with Crippen LogP contribution >= 0.6 is 0 Å². The summed E-state index contributed by atoms with van der Waals surface area (Å²) < 4.78 is 64.9. The predicted molar refractivity (Wildman–Crippen MR) is 116 cm³/mol.